The Balaban J connectivity index is 3.71. The van der Waals surface area contributed by atoms with Crippen LogP contribution in [0.25, 0.3) is 0 Å². The lowest BCUT2D eigenvalue weighted by molar-refractivity contribution is -0.139. The van der Waals surface area contributed by atoms with E-state index in [1.807, 2.05) is 0 Å². The number of carboxylic acids is 1. The van der Waals surface area contributed by atoms with Crippen molar-refractivity contribution in [3.63, 3.8) is 0 Å². The molecule has 0 saturated carbocycles. The second-order valence-corrected chi connectivity index (χ2v) is 4.68. The van der Waals surface area contributed by atoms with E-state index in [0.29, 0.717) is 19.5 Å². The van der Waals surface area contributed by atoms with E-state index in [9.17, 15) is 9.59 Å². The summed E-state index contributed by atoms with van der Waals surface area (Å²) in [5.41, 5.74) is -0.523. The van der Waals surface area contributed by atoms with E-state index >= 15 is 0 Å². The molecule has 0 aliphatic carbocycles. The predicted molar refractivity (Wildman–Crippen MR) is 64.0 cm³/mol. The fraction of sp³-hybridized carbons (Fsp3) is 0.818. The number of rotatable bonds is 6. The molecule has 100 valence electrons. The molecule has 0 radical (unpaired) electrons. The van der Waals surface area contributed by atoms with E-state index in [0.717, 1.165) is 0 Å². The van der Waals surface area contributed by atoms with Crippen LogP contribution in [-0.4, -0.2) is 41.9 Å². The Bertz CT molecular complexity index is 261. The molecular weight excluding hydrogens is 224 g/mol. The number of ether oxygens (including phenoxy) is 1. The van der Waals surface area contributed by atoms with Gasteiger partial charge in [0.2, 0.25) is 0 Å². The van der Waals surface area contributed by atoms with Crippen molar-refractivity contribution in [3.05, 3.63) is 0 Å². The molecule has 3 N–H and O–H groups in total. The van der Waals surface area contributed by atoms with Gasteiger partial charge in [0.05, 0.1) is 0 Å². The van der Waals surface area contributed by atoms with Crippen LogP contribution in [-0.2, 0) is 9.53 Å². The van der Waals surface area contributed by atoms with E-state index < -0.39 is 23.7 Å². The van der Waals surface area contributed by atoms with Crippen LogP contribution in [0.3, 0.4) is 0 Å². The molecule has 6 heteroatoms. The average Bonchev–Trinajstić information content (AvgIpc) is 2.14. The van der Waals surface area contributed by atoms with E-state index in [4.69, 9.17) is 9.84 Å². The quantitative estimate of drug-likeness (QED) is 0.608. The van der Waals surface area contributed by atoms with Crippen molar-refractivity contribution in [1.29, 1.82) is 0 Å². The Morgan fingerprint density at radius 2 is 1.88 bits per heavy atom. The third-order valence-electron chi connectivity index (χ3n) is 1.89. The Morgan fingerprint density at radius 1 is 1.29 bits per heavy atom. The van der Waals surface area contributed by atoms with Crippen LogP contribution in [0.2, 0.25) is 0 Å². The molecular formula is C11H22N2O4. The second kappa shape index (κ2) is 7.11. The number of carbonyl (C=O) groups excluding carboxylic acids is 1. The minimum atomic E-state index is -0.884. The first-order valence-electron chi connectivity index (χ1n) is 5.69. The number of hydrogen-bond donors (Lipinski definition) is 3. The molecule has 0 aromatic heterocycles. The van der Waals surface area contributed by atoms with Gasteiger partial charge in [0.15, 0.2) is 0 Å². The van der Waals surface area contributed by atoms with Gasteiger partial charge in [-0.15, -0.1) is 0 Å². The van der Waals surface area contributed by atoms with Gasteiger partial charge >= 0.3 is 12.1 Å². The van der Waals surface area contributed by atoms with Crippen LogP contribution in [0, 0.1) is 0 Å². The highest BCUT2D eigenvalue weighted by Crippen LogP contribution is 2.05. The molecule has 0 heterocycles. The number of hydrogen-bond acceptors (Lipinski definition) is 4. The molecule has 0 aliphatic heterocycles. The first kappa shape index (κ1) is 15.7. The molecule has 0 aliphatic rings. The molecule has 6 nitrogen and oxygen atoms in total. The molecule has 0 unspecified atom stereocenters. The Kier molecular flexibility index (Phi) is 6.57. The lowest BCUT2D eigenvalue weighted by Crippen LogP contribution is -2.42. The highest BCUT2D eigenvalue weighted by molar-refractivity contribution is 5.73. The molecule has 0 aromatic carbocycles. The zero-order valence-corrected chi connectivity index (χ0v) is 10.9. The van der Waals surface area contributed by atoms with E-state index in [-0.39, 0.29) is 0 Å². The fourth-order valence-corrected chi connectivity index (χ4v) is 1.13. The van der Waals surface area contributed by atoms with Gasteiger partial charge in [-0.05, 0) is 27.2 Å². The lowest BCUT2D eigenvalue weighted by atomic mass is 10.2. The molecule has 0 aromatic rings. The van der Waals surface area contributed by atoms with Crippen molar-refractivity contribution in [2.45, 2.75) is 45.8 Å². The number of carbonyl (C=O) groups is 2. The summed E-state index contributed by atoms with van der Waals surface area (Å²) in [4.78, 5) is 21.9. The fourth-order valence-electron chi connectivity index (χ4n) is 1.13. The van der Waals surface area contributed by atoms with Gasteiger partial charge < -0.3 is 20.5 Å². The van der Waals surface area contributed by atoms with Crippen molar-refractivity contribution in [3.8, 4) is 0 Å². The van der Waals surface area contributed by atoms with E-state index in [1.165, 1.54) is 0 Å². The average molecular weight is 246 g/mol. The van der Waals surface area contributed by atoms with Gasteiger partial charge in [-0.1, -0.05) is 6.92 Å². The maximum atomic E-state index is 11.2. The number of nitrogens with one attached hydrogen (secondary N) is 2. The third kappa shape index (κ3) is 8.50. The molecule has 0 saturated heterocycles. The van der Waals surface area contributed by atoms with Crippen LogP contribution in [0.15, 0.2) is 0 Å². The minimum absolute atomic E-state index is 0.332. The van der Waals surface area contributed by atoms with Crippen LogP contribution in [0.5, 0.6) is 0 Å². The molecule has 1 amide bonds. The Morgan fingerprint density at radius 3 is 2.29 bits per heavy atom. The molecule has 0 fully saturated rings. The summed E-state index contributed by atoms with van der Waals surface area (Å²) in [6.07, 6.45) is 0.00423. The number of aliphatic carboxylic acids is 1. The van der Waals surface area contributed by atoms with Gasteiger partial charge in [0, 0.05) is 13.1 Å². The molecule has 0 bridgehead atoms. The molecule has 1 atom stereocenters. The van der Waals surface area contributed by atoms with Crippen LogP contribution >= 0.6 is 0 Å². The summed E-state index contributed by atoms with van der Waals surface area (Å²) < 4.78 is 5.02. The van der Waals surface area contributed by atoms with Gasteiger partial charge in [-0.3, -0.25) is 4.79 Å². The topological polar surface area (TPSA) is 87.7 Å². The lowest BCUT2D eigenvalue weighted by Gasteiger charge is -2.20. The number of carboxylic acid groups (broad SMARTS) is 1. The molecule has 0 spiro atoms. The summed E-state index contributed by atoms with van der Waals surface area (Å²) in [5.74, 6) is -0.884. The van der Waals surface area contributed by atoms with Crippen LogP contribution in [0.1, 0.15) is 34.1 Å². The van der Waals surface area contributed by atoms with Crippen molar-refractivity contribution in [2.24, 2.45) is 0 Å². The van der Waals surface area contributed by atoms with Gasteiger partial charge in [0.25, 0.3) is 0 Å². The SMILES string of the molecule is CC[C@H](NCCNC(=O)OC(C)(C)C)C(=O)O. The second-order valence-electron chi connectivity index (χ2n) is 4.68. The van der Waals surface area contributed by atoms with Crippen molar-refractivity contribution in [2.75, 3.05) is 13.1 Å². The highest BCUT2D eigenvalue weighted by Gasteiger charge is 2.16. The van der Waals surface area contributed by atoms with Gasteiger partial charge in [-0.25, -0.2) is 4.79 Å². The molecule has 17 heavy (non-hydrogen) atoms. The number of alkyl carbamates (subject to hydrolysis) is 1. The minimum Gasteiger partial charge on any atom is -0.480 e. The maximum absolute atomic E-state index is 11.2. The smallest absolute Gasteiger partial charge is 0.407 e. The van der Waals surface area contributed by atoms with Gasteiger partial charge in [0.1, 0.15) is 11.6 Å². The zero-order valence-electron chi connectivity index (χ0n) is 10.9. The van der Waals surface area contributed by atoms with Crippen molar-refractivity contribution < 1.29 is 19.4 Å². The normalized spacial score (nSPS) is 12.9. The molecule has 0 rings (SSSR count). The van der Waals surface area contributed by atoms with E-state index in [1.54, 1.807) is 27.7 Å². The highest BCUT2D eigenvalue weighted by atomic mass is 16.6. The third-order valence-corrected chi connectivity index (χ3v) is 1.89. The standard InChI is InChI=1S/C11H22N2O4/c1-5-8(9(14)15)12-6-7-13-10(16)17-11(2,3)4/h8,12H,5-7H2,1-4H3,(H,13,16)(H,14,15)/t8-/m0/s1. The summed E-state index contributed by atoms with van der Waals surface area (Å²) in [6, 6.07) is -0.574. The Hall–Kier alpha value is -1.30. The Labute approximate surface area is 102 Å². The van der Waals surface area contributed by atoms with E-state index in [2.05, 4.69) is 10.6 Å². The summed E-state index contributed by atoms with van der Waals surface area (Å²) in [5, 5.41) is 14.1. The maximum Gasteiger partial charge on any atom is 0.407 e. The summed E-state index contributed by atoms with van der Waals surface area (Å²) in [7, 11) is 0. The first-order chi connectivity index (χ1) is 7.76. The van der Waals surface area contributed by atoms with Crippen molar-refractivity contribution in [1.82, 2.24) is 10.6 Å². The summed E-state index contributed by atoms with van der Waals surface area (Å²) in [6.45, 7) is 7.85. The van der Waals surface area contributed by atoms with Crippen LogP contribution in [0.4, 0.5) is 4.79 Å². The van der Waals surface area contributed by atoms with Crippen LogP contribution < -0.4 is 10.6 Å². The first-order valence-corrected chi connectivity index (χ1v) is 5.69. The number of amides is 1. The largest absolute Gasteiger partial charge is 0.480 e. The monoisotopic (exact) mass is 246 g/mol. The zero-order chi connectivity index (χ0) is 13.5. The predicted octanol–water partition coefficient (Wildman–Crippen LogP) is 0.964. The van der Waals surface area contributed by atoms with Crippen molar-refractivity contribution >= 4 is 12.1 Å². The summed E-state index contributed by atoms with van der Waals surface area (Å²) >= 11 is 0. The van der Waals surface area contributed by atoms with Gasteiger partial charge in [-0.2, -0.15) is 0 Å².